The summed E-state index contributed by atoms with van der Waals surface area (Å²) in [7, 11) is 0. The van der Waals surface area contributed by atoms with E-state index in [4.69, 9.17) is 0 Å². The van der Waals surface area contributed by atoms with Crippen LogP contribution in [0.15, 0.2) is 67.4 Å². The molecule has 6 nitrogen and oxygen atoms in total. The highest BCUT2D eigenvalue weighted by molar-refractivity contribution is 5.70. The molecule has 0 atom stereocenters. The van der Waals surface area contributed by atoms with E-state index in [1.807, 2.05) is 53.2 Å². The fraction of sp³-hybridized carbons (Fsp3) is 0.150. The van der Waals surface area contributed by atoms with E-state index < -0.39 is 0 Å². The van der Waals surface area contributed by atoms with Crippen LogP contribution in [0, 0.1) is 0 Å². The maximum atomic E-state index is 12.0. The Labute approximate surface area is 155 Å². The molecular formula is C20H18FN5O. The molecule has 0 fully saturated rings. The Morgan fingerprint density at radius 1 is 0.963 bits per heavy atom. The maximum Gasteiger partial charge on any atom is 0.180 e. The molecule has 3 aromatic heterocycles. The predicted molar refractivity (Wildman–Crippen MR) is 101 cm³/mol. The van der Waals surface area contributed by atoms with Crippen LogP contribution in [0.1, 0.15) is 11.1 Å². The van der Waals surface area contributed by atoms with Crippen molar-refractivity contribution < 1.29 is 9.47 Å². The summed E-state index contributed by atoms with van der Waals surface area (Å²) in [6.45, 7) is 0.694. The highest BCUT2D eigenvalue weighted by Gasteiger charge is 2.10. The van der Waals surface area contributed by atoms with E-state index in [1.54, 1.807) is 18.6 Å². The molecular weight excluding hydrogens is 345 g/mol. The lowest BCUT2D eigenvalue weighted by Gasteiger charge is -2.08. The number of hydrogen-bond acceptors (Lipinski definition) is 5. The monoisotopic (exact) mass is 363 g/mol. The first-order chi connectivity index (χ1) is 13.3. The lowest BCUT2D eigenvalue weighted by molar-refractivity contribution is -0.144. The topological polar surface area (TPSA) is 64.3 Å². The largest absolute Gasteiger partial charge is 0.367 e. The summed E-state index contributed by atoms with van der Waals surface area (Å²) in [5.74, 6) is 0.736. The summed E-state index contributed by atoms with van der Waals surface area (Å²) < 4.78 is 14.0. The zero-order valence-electron chi connectivity index (χ0n) is 14.5. The third-order valence-electron chi connectivity index (χ3n) is 4.35. The molecule has 0 bridgehead atoms. The first-order valence-corrected chi connectivity index (χ1v) is 8.63. The van der Waals surface area contributed by atoms with Crippen LogP contribution in [0.2, 0.25) is 0 Å². The number of rotatable bonds is 7. The Morgan fingerprint density at radius 3 is 2.56 bits per heavy atom. The van der Waals surface area contributed by atoms with Crippen molar-refractivity contribution in [2.45, 2.75) is 13.0 Å². The van der Waals surface area contributed by atoms with Gasteiger partial charge in [-0.05, 0) is 34.2 Å². The molecule has 3 heterocycles. The SMILES string of the molecule is FOCc1ccc(-c2cnc3c(NCCc4ccncc4)nccn23)cc1. The van der Waals surface area contributed by atoms with Crippen molar-refractivity contribution in [3.8, 4) is 11.3 Å². The normalized spacial score (nSPS) is 11.0. The summed E-state index contributed by atoms with van der Waals surface area (Å²) in [4.78, 5) is 16.6. The molecule has 0 aliphatic heterocycles. The van der Waals surface area contributed by atoms with E-state index in [0.29, 0.717) is 0 Å². The minimum absolute atomic E-state index is 0.0527. The summed E-state index contributed by atoms with van der Waals surface area (Å²) in [6.07, 6.45) is 9.89. The van der Waals surface area contributed by atoms with Gasteiger partial charge in [-0.25, -0.2) is 9.97 Å². The number of imidazole rings is 1. The number of nitrogens with zero attached hydrogens (tertiary/aromatic N) is 4. The van der Waals surface area contributed by atoms with Crippen molar-refractivity contribution in [2.75, 3.05) is 11.9 Å². The van der Waals surface area contributed by atoms with Gasteiger partial charge in [0.15, 0.2) is 11.5 Å². The van der Waals surface area contributed by atoms with Crippen LogP contribution in [0.4, 0.5) is 10.3 Å². The van der Waals surface area contributed by atoms with Gasteiger partial charge >= 0.3 is 0 Å². The third-order valence-corrected chi connectivity index (χ3v) is 4.35. The number of benzene rings is 1. The fourth-order valence-corrected chi connectivity index (χ4v) is 2.97. The van der Waals surface area contributed by atoms with Crippen LogP contribution in [0.5, 0.6) is 0 Å². The van der Waals surface area contributed by atoms with Crippen LogP contribution in [-0.2, 0) is 18.0 Å². The molecule has 0 amide bonds. The van der Waals surface area contributed by atoms with Gasteiger partial charge in [0.25, 0.3) is 0 Å². The molecule has 136 valence electrons. The predicted octanol–water partition coefficient (Wildman–Crippen LogP) is 3.85. The van der Waals surface area contributed by atoms with Gasteiger partial charge in [0.05, 0.1) is 11.9 Å². The molecule has 7 heteroatoms. The fourth-order valence-electron chi connectivity index (χ4n) is 2.97. The van der Waals surface area contributed by atoms with Crippen LogP contribution in [-0.4, -0.2) is 25.9 Å². The number of hydrogen-bond donors (Lipinski definition) is 1. The highest BCUT2D eigenvalue weighted by Crippen LogP contribution is 2.24. The summed E-state index contributed by atoms with van der Waals surface area (Å²) >= 11 is 0. The molecule has 0 radical (unpaired) electrons. The van der Waals surface area contributed by atoms with Crippen molar-refractivity contribution in [1.82, 2.24) is 19.4 Å². The second kappa shape index (κ2) is 7.92. The van der Waals surface area contributed by atoms with E-state index in [2.05, 4.69) is 25.2 Å². The van der Waals surface area contributed by atoms with E-state index in [1.165, 1.54) is 5.56 Å². The quantitative estimate of drug-likeness (QED) is 0.540. The summed E-state index contributed by atoms with van der Waals surface area (Å²) in [5, 5.41) is 3.35. The average Bonchev–Trinajstić information content (AvgIpc) is 3.15. The van der Waals surface area contributed by atoms with Crippen LogP contribution < -0.4 is 5.32 Å². The first kappa shape index (κ1) is 17.1. The van der Waals surface area contributed by atoms with Gasteiger partial charge in [-0.3, -0.25) is 9.38 Å². The minimum atomic E-state index is -0.0527. The number of anilines is 1. The van der Waals surface area contributed by atoms with Crippen molar-refractivity contribution in [3.63, 3.8) is 0 Å². The maximum absolute atomic E-state index is 12.0. The second-order valence-electron chi connectivity index (χ2n) is 6.10. The Balaban J connectivity index is 1.54. The van der Waals surface area contributed by atoms with E-state index >= 15 is 0 Å². The average molecular weight is 363 g/mol. The van der Waals surface area contributed by atoms with E-state index in [-0.39, 0.29) is 6.61 Å². The van der Waals surface area contributed by atoms with Crippen LogP contribution in [0.25, 0.3) is 16.9 Å². The molecule has 0 saturated carbocycles. The minimum Gasteiger partial charge on any atom is -0.367 e. The zero-order valence-corrected chi connectivity index (χ0v) is 14.5. The van der Waals surface area contributed by atoms with Crippen molar-refractivity contribution in [3.05, 3.63) is 78.5 Å². The molecule has 1 aromatic carbocycles. The Hall–Kier alpha value is -3.32. The second-order valence-corrected chi connectivity index (χ2v) is 6.10. The molecule has 0 spiro atoms. The van der Waals surface area contributed by atoms with Crippen molar-refractivity contribution in [2.24, 2.45) is 0 Å². The summed E-state index contributed by atoms with van der Waals surface area (Å²) in [6, 6.07) is 11.5. The smallest absolute Gasteiger partial charge is 0.180 e. The number of halogens is 1. The standard InChI is InChI=1S/C20H18FN5O/c21-27-14-16-1-3-17(4-2-16)18-13-25-20-19(24-11-12-26(18)20)23-10-7-15-5-8-22-9-6-15/h1-6,8-9,11-13H,7,10,14H2,(H,23,24). The van der Waals surface area contributed by atoms with Crippen molar-refractivity contribution in [1.29, 1.82) is 0 Å². The number of aromatic nitrogens is 4. The van der Waals surface area contributed by atoms with Gasteiger partial charge < -0.3 is 5.32 Å². The van der Waals surface area contributed by atoms with Gasteiger partial charge in [-0.15, -0.1) is 0 Å². The molecule has 0 aliphatic carbocycles. The van der Waals surface area contributed by atoms with E-state index in [0.717, 1.165) is 41.3 Å². The summed E-state index contributed by atoms with van der Waals surface area (Å²) in [5.41, 5.74) is 4.68. The van der Waals surface area contributed by atoms with Gasteiger partial charge in [0, 0.05) is 36.9 Å². The van der Waals surface area contributed by atoms with E-state index in [9.17, 15) is 4.53 Å². The number of nitrogens with one attached hydrogen (secondary N) is 1. The molecule has 4 aromatic rings. The molecule has 27 heavy (non-hydrogen) atoms. The van der Waals surface area contributed by atoms with Crippen LogP contribution >= 0.6 is 0 Å². The lowest BCUT2D eigenvalue weighted by atomic mass is 10.1. The van der Waals surface area contributed by atoms with Gasteiger partial charge in [-0.1, -0.05) is 24.3 Å². The molecule has 1 N–H and O–H groups in total. The van der Waals surface area contributed by atoms with Crippen molar-refractivity contribution >= 4 is 11.5 Å². The highest BCUT2D eigenvalue weighted by atomic mass is 19.3. The van der Waals surface area contributed by atoms with Crippen LogP contribution in [0.3, 0.4) is 0 Å². The number of fused-ring (bicyclic) bond motifs is 1. The third kappa shape index (κ3) is 3.78. The zero-order chi connectivity index (χ0) is 18.5. The van der Waals surface area contributed by atoms with Gasteiger partial charge in [-0.2, -0.15) is 4.94 Å². The Bertz CT molecular complexity index is 1020. The Morgan fingerprint density at radius 2 is 1.78 bits per heavy atom. The molecule has 0 unspecified atom stereocenters. The Kier molecular flexibility index (Phi) is 5.02. The molecule has 4 rings (SSSR count). The lowest BCUT2D eigenvalue weighted by Crippen LogP contribution is -2.08. The molecule has 0 aliphatic rings. The number of pyridine rings is 1. The van der Waals surface area contributed by atoms with Gasteiger partial charge in [0.2, 0.25) is 0 Å². The molecule has 0 saturated heterocycles. The first-order valence-electron chi connectivity index (χ1n) is 8.63. The van der Waals surface area contributed by atoms with Gasteiger partial charge in [0.1, 0.15) is 6.61 Å².